The van der Waals surface area contributed by atoms with Gasteiger partial charge in [0.25, 0.3) is 5.69 Å². The van der Waals surface area contributed by atoms with Gasteiger partial charge in [0.2, 0.25) is 0 Å². The molecule has 0 saturated heterocycles. The lowest BCUT2D eigenvalue weighted by atomic mass is 10.1. The van der Waals surface area contributed by atoms with Crippen LogP contribution in [0.15, 0.2) is 18.2 Å². The first-order valence-electron chi connectivity index (χ1n) is 5.69. The fraction of sp³-hybridized carbons (Fsp3) is 0.500. The summed E-state index contributed by atoms with van der Waals surface area (Å²) in [6, 6.07) is 5.37. The molecule has 94 valence electrons. The molecule has 0 spiro atoms. The number of hydrogen-bond acceptors (Lipinski definition) is 4. The molecule has 0 aliphatic rings. The van der Waals surface area contributed by atoms with Gasteiger partial charge in [0.1, 0.15) is 5.69 Å². The number of rotatable bonds is 5. The highest BCUT2D eigenvalue weighted by atomic mass is 16.6. The number of benzene rings is 1. The molecule has 1 rings (SSSR count). The summed E-state index contributed by atoms with van der Waals surface area (Å²) < 4.78 is 0. The molecule has 0 fully saturated rings. The van der Waals surface area contributed by atoms with Crippen molar-refractivity contribution in [3.63, 3.8) is 0 Å². The summed E-state index contributed by atoms with van der Waals surface area (Å²) in [4.78, 5) is 12.5. The molecule has 2 N–H and O–H groups in total. The SMILES string of the molecule is CCC(C)N(C)Cc1cccc([N+](=O)[O-])c1N. The largest absolute Gasteiger partial charge is 0.393 e. The molecule has 1 unspecified atom stereocenters. The van der Waals surface area contributed by atoms with E-state index in [2.05, 4.69) is 18.7 Å². The highest BCUT2D eigenvalue weighted by Gasteiger charge is 2.16. The molecule has 0 saturated carbocycles. The van der Waals surface area contributed by atoms with E-state index >= 15 is 0 Å². The van der Waals surface area contributed by atoms with Crippen LogP contribution in [0.25, 0.3) is 0 Å². The van der Waals surface area contributed by atoms with E-state index in [1.54, 1.807) is 6.07 Å². The predicted octanol–water partition coefficient (Wildman–Crippen LogP) is 2.41. The Balaban J connectivity index is 2.92. The van der Waals surface area contributed by atoms with E-state index in [0.717, 1.165) is 12.0 Å². The monoisotopic (exact) mass is 237 g/mol. The third-order valence-corrected chi connectivity index (χ3v) is 3.13. The smallest absolute Gasteiger partial charge is 0.292 e. The Bertz CT molecular complexity index is 407. The zero-order chi connectivity index (χ0) is 13.0. The normalized spacial score (nSPS) is 12.7. The molecule has 0 heterocycles. The first-order chi connectivity index (χ1) is 7.97. The lowest BCUT2D eigenvalue weighted by Crippen LogP contribution is -2.28. The van der Waals surface area contributed by atoms with Crippen LogP contribution in [-0.4, -0.2) is 22.9 Å². The van der Waals surface area contributed by atoms with Gasteiger partial charge in [-0.05, 0) is 26.0 Å². The maximum atomic E-state index is 10.8. The van der Waals surface area contributed by atoms with E-state index in [1.165, 1.54) is 6.07 Å². The Kier molecular flexibility index (Phi) is 4.45. The van der Waals surface area contributed by atoms with Gasteiger partial charge in [-0.1, -0.05) is 19.1 Å². The molecular weight excluding hydrogens is 218 g/mol. The second-order valence-corrected chi connectivity index (χ2v) is 4.28. The van der Waals surface area contributed by atoms with E-state index in [9.17, 15) is 10.1 Å². The molecule has 0 aliphatic carbocycles. The van der Waals surface area contributed by atoms with Gasteiger partial charge < -0.3 is 5.73 Å². The van der Waals surface area contributed by atoms with Crippen molar-refractivity contribution in [1.29, 1.82) is 0 Å². The van der Waals surface area contributed by atoms with Crippen molar-refractivity contribution in [2.24, 2.45) is 0 Å². The molecule has 17 heavy (non-hydrogen) atoms. The molecule has 5 heteroatoms. The number of anilines is 1. The average Bonchev–Trinajstić information content (AvgIpc) is 2.30. The van der Waals surface area contributed by atoms with Crippen LogP contribution in [0.2, 0.25) is 0 Å². The Morgan fingerprint density at radius 2 is 2.18 bits per heavy atom. The standard InChI is InChI=1S/C12H19N3O2/c1-4-9(2)14(3)8-10-6-5-7-11(12(10)13)15(16)17/h5-7,9H,4,8,13H2,1-3H3. The van der Waals surface area contributed by atoms with Crippen LogP contribution in [0.1, 0.15) is 25.8 Å². The van der Waals surface area contributed by atoms with Crippen molar-refractivity contribution in [2.75, 3.05) is 12.8 Å². The highest BCUT2D eigenvalue weighted by molar-refractivity contribution is 5.62. The van der Waals surface area contributed by atoms with Gasteiger partial charge in [-0.25, -0.2) is 0 Å². The van der Waals surface area contributed by atoms with Crippen LogP contribution in [0.5, 0.6) is 0 Å². The van der Waals surface area contributed by atoms with Gasteiger partial charge in [0, 0.05) is 18.7 Å². The van der Waals surface area contributed by atoms with Gasteiger partial charge in [0.05, 0.1) is 4.92 Å². The summed E-state index contributed by atoms with van der Waals surface area (Å²) in [5.41, 5.74) is 6.87. The molecule has 0 amide bonds. The first-order valence-corrected chi connectivity index (χ1v) is 5.69. The fourth-order valence-corrected chi connectivity index (χ4v) is 1.63. The van der Waals surface area contributed by atoms with Crippen LogP contribution in [0.3, 0.4) is 0 Å². The van der Waals surface area contributed by atoms with Crippen LogP contribution in [0.4, 0.5) is 11.4 Å². The second kappa shape index (κ2) is 5.63. The van der Waals surface area contributed by atoms with Crippen molar-refractivity contribution in [3.8, 4) is 0 Å². The van der Waals surface area contributed by atoms with Crippen molar-refractivity contribution >= 4 is 11.4 Å². The maximum Gasteiger partial charge on any atom is 0.292 e. The highest BCUT2D eigenvalue weighted by Crippen LogP contribution is 2.26. The number of nitro groups is 1. The average molecular weight is 237 g/mol. The van der Waals surface area contributed by atoms with E-state index < -0.39 is 4.92 Å². The number of nitrogens with two attached hydrogens (primary N) is 1. The Morgan fingerprint density at radius 3 is 2.71 bits per heavy atom. The minimum atomic E-state index is -0.442. The van der Waals surface area contributed by atoms with Gasteiger partial charge in [-0.2, -0.15) is 0 Å². The van der Waals surface area contributed by atoms with E-state index in [0.29, 0.717) is 12.6 Å². The Morgan fingerprint density at radius 1 is 1.53 bits per heavy atom. The first kappa shape index (κ1) is 13.4. The van der Waals surface area contributed by atoms with Crippen molar-refractivity contribution < 1.29 is 4.92 Å². The summed E-state index contributed by atoms with van der Waals surface area (Å²) in [6.45, 7) is 4.86. The summed E-state index contributed by atoms with van der Waals surface area (Å²) in [7, 11) is 1.99. The maximum absolute atomic E-state index is 10.8. The topological polar surface area (TPSA) is 72.4 Å². The van der Waals surface area contributed by atoms with Crippen LogP contribution >= 0.6 is 0 Å². The number of hydrogen-bond donors (Lipinski definition) is 1. The van der Waals surface area contributed by atoms with Crippen LogP contribution < -0.4 is 5.73 Å². The van der Waals surface area contributed by atoms with Gasteiger partial charge in [-0.15, -0.1) is 0 Å². The minimum absolute atomic E-state index is 0.0138. The summed E-state index contributed by atoms with van der Waals surface area (Å²) in [5, 5.41) is 10.8. The molecule has 5 nitrogen and oxygen atoms in total. The lowest BCUT2D eigenvalue weighted by Gasteiger charge is -2.23. The molecule has 1 aromatic carbocycles. The molecule has 1 atom stereocenters. The molecule has 0 radical (unpaired) electrons. The minimum Gasteiger partial charge on any atom is -0.393 e. The van der Waals surface area contributed by atoms with Gasteiger partial charge >= 0.3 is 0 Å². The summed E-state index contributed by atoms with van der Waals surface area (Å²) >= 11 is 0. The van der Waals surface area contributed by atoms with Crippen molar-refractivity contribution in [1.82, 2.24) is 4.90 Å². The van der Waals surface area contributed by atoms with E-state index in [1.807, 2.05) is 13.1 Å². The van der Waals surface area contributed by atoms with Crippen LogP contribution in [-0.2, 0) is 6.54 Å². The molecule has 0 aliphatic heterocycles. The van der Waals surface area contributed by atoms with Gasteiger partial charge in [0.15, 0.2) is 0 Å². The fourth-order valence-electron chi connectivity index (χ4n) is 1.63. The predicted molar refractivity (Wildman–Crippen MR) is 68.7 cm³/mol. The van der Waals surface area contributed by atoms with E-state index in [-0.39, 0.29) is 11.4 Å². The Hall–Kier alpha value is -1.62. The zero-order valence-electron chi connectivity index (χ0n) is 10.5. The Labute approximate surface area is 101 Å². The summed E-state index contributed by atoms with van der Waals surface area (Å²) in [6.07, 6.45) is 1.03. The second-order valence-electron chi connectivity index (χ2n) is 4.28. The molecule has 1 aromatic rings. The summed E-state index contributed by atoms with van der Waals surface area (Å²) in [5.74, 6) is 0. The van der Waals surface area contributed by atoms with Crippen molar-refractivity contribution in [3.05, 3.63) is 33.9 Å². The number of nitrogens with zero attached hydrogens (tertiary/aromatic N) is 2. The lowest BCUT2D eigenvalue weighted by molar-refractivity contribution is -0.384. The number of nitro benzene ring substituents is 1. The number of nitrogen functional groups attached to an aromatic ring is 1. The van der Waals surface area contributed by atoms with Crippen LogP contribution in [0, 0.1) is 10.1 Å². The molecule has 0 bridgehead atoms. The molecular formula is C12H19N3O2. The van der Waals surface area contributed by atoms with Crippen molar-refractivity contribution in [2.45, 2.75) is 32.9 Å². The third kappa shape index (κ3) is 3.17. The van der Waals surface area contributed by atoms with E-state index in [4.69, 9.17) is 5.73 Å². The molecule has 0 aromatic heterocycles. The van der Waals surface area contributed by atoms with Gasteiger partial charge in [-0.3, -0.25) is 15.0 Å². The zero-order valence-corrected chi connectivity index (χ0v) is 10.5. The quantitative estimate of drug-likeness (QED) is 0.485. The number of para-hydroxylation sites is 1. The third-order valence-electron chi connectivity index (χ3n) is 3.13.